The lowest BCUT2D eigenvalue weighted by atomic mass is 10.1. The molecule has 1 aromatic carbocycles. The molecule has 0 aliphatic carbocycles. The molecule has 0 aliphatic heterocycles. The van der Waals surface area contributed by atoms with E-state index in [0.717, 1.165) is 14.2 Å². The quantitative estimate of drug-likeness (QED) is 0.274. The smallest absolute Gasteiger partial charge is 0.346 e. The lowest BCUT2D eigenvalue weighted by Gasteiger charge is -2.24. The Labute approximate surface area is 185 Å². The van der Waals surface area contributed by atoms with E-state index in [0.29, 0.717) is 15.6 Å². The molecule has 1 unspecified atom stereocenters. The SMILES string of the molecule is COC(=O)C(=C=NC(C)(C)C)C(C(=O)OC)N(/N=C/c1ccc(Cl)cc1)C(=O)CC#N. The molecule has 0 spiro atoms. The monoisotopic (exact) mass is 446 g/mol. The summed E-state index contributed by atoms with van der Waals surface area (Å²) in [6.07, 6.45) is 0.674. The third-order valence-electron chi connectivity index (χ3n) is 3.55. The molecule has 1 amide bonds. The van der Waals surface area contributed by atoms with E-state index in [1.807, 2.05) is 0 Å². The molecule has 0 aromatic heterocycles. The summed E-state index contributed by atoms with van der Waals surface area (Å²) in [7, 11) is 2.19. The number of nitriles is 1. The highest BCUT2D eigenvalue weighted by Gasteiger charge is 2.38. The van der Waals surface area contributed by atoms with Crippen molar-refractivity contribution in [3.63, 3.8) is 0 Å². The fourth-order valence-corrected chi connectivity index (χ4v) is 2.24. The van der Waals surface area contributed by atoms with E-state index in [2.05, 4.69) is 16.0 Å². The molecule has 1 aromatic rings. The van der Waals surface area contributed by atoms with Gasteiger partial charge in [0, 0.05) is 5.02 Å². The molecular formula is C21H23ClN4O5. The molecule has 31 heavy (non-hydrogen) atoms. The minimum atomic E-state index is -1.67. The molecule has 0 aliphatic rings. The van der Waals surface area contributed by atoms with Crippen molar-refractivity contribution in [1.29, 1.82) is 5.26 Å². The molecule has 0 bridgehead atoms. The van der Waals surface area contributed by atoms with Gasteiger partial charge in [-0.15, -0.1) is 0 Å². The summed E-state index contributed by atoms with van der Waals surface area (Å²) in [5, 5.41) is 14.2. The Morgan fingerprint density at radius 1 is 1.19 bits per heavy atom. The second-order valence-electron chi connectivity index (χ2n) is 7.09. The lowest BCUT2D eigenvalue weighted by Crippen LogP contribution is -2.46. The van der Waals surface area contributed by atoms with Crippen LogP contribution in [0.3, 0.4) is 0 Å². The Balaban J connectivity index is 3.66. The van der Waals surface area contributed by atoms with Crippen molar-refractivity contribution in [1.82, 2.24) is 5.01 Å². The Morgan fingerprint density at radius 3 is 2.29 bits per heavy atom. The first kappa shape index (κ1) is 25.6. The summed E-state index contributed by atoms with van der Waals surface area (Å²) in [5.74, 6) is -0.286. The fourth-order valence-electron chi connectivity index (χ4n) is 2.11. The summed E-state index contributed by atoms with van der Waals surface area (Å²) in [6.45, 7) is 5.25. The van der Waals surface area contributed by atoms with Crippen molar-refractivity contribution in [3.8, 4) is 6.07 Å². The van der Waals surface area contributed by atoms with Crippen LogP contribution in [0.1, 0.15) is 32.8 Å². The second-order valence-corrected chi connectivity index (χ2v) is 7.53. The number of methoxy groups -OCH3 is 2. The van der Waals surface area contributed by atoms with Gasteiger partial charge < -0.3 is 9.47 Å². The summed E-state index contributed by atoms with van der Waals surface area (Å²) in [6, 6.07) is 6.50. The molecule has 0 N–H and O–H groups in total. The van der Waals surface area contributed by atoms with Gasteiger partial charge in [0.25, 0.3) is 5.91 Å². The molecule has 9 nitrogen and oxygen atoms in total. The van der Waals surface area contributed by atoms with Crippen LogP contribution >= 0.6 is 11.6 Å². The fraction of sp³-hybridized carbons (Fsp3) is 0.381. The molecule has 0 radical (unpaired) electrons. The van der Waals surface area contributed by atoms with Crippen LogP contribution in [0, 0.1) is 11.3 Å². The maximum absolute atomic E-state index is 12.6. The molecule has 10 heteroatoms. The minimum absolute atomic E-state index is 0.399. The van der Waals surface area contributed by atoms with Gasteiger partial charge in [0.15, 0.2) is 6.04 Å². The van der Waals surface area contributed by atoms with Gasteiger partial charge >= 0.3 is 11.9 Å². The number of hydrogen-bond donors (Lipinski definition) is 0. The first-order chi connectivity index (χ1) is 14.5. The Morgan fingerprint density at radius 2 is 1.81 bits per heavy atom. The summed E-state index contributed by atoms with van der Waals surface area (Å²) < 4.78 is 9.52. The predicted molar refractivity (Wildman–Crippen MR) is 115 cm³/mol. The van der Waals surface area contributed by atoms with Crippen molar-refractivity contribution < 1.29 is 23.9 Å². The number of amides is 1. The Bertz CT molecular complexity index is 951. The maximum Gasteiger partial charge on any atom is 0.346 e. The average molecular weight is 447 g/mol. The molecule has 0 fully saturated rings. The Hall–Kier alpha value is -3.47. The van der Waals surface area contributed by atoms with E-state index in [9.17, 15) is 14.4 Å². The molecule has 1 rings (SSSR count). The standard InChI is InChI=1S/C21H23ClN4O5/c1-21(2,3)24-13-16(19(28)30-4)18(20(29)31-5)26(17(27)10-11-23)25-12-14-6-8-15(22)9-7-14/h6-9,12,18H,10H2,1-5H3/b25-12+. The van der Waals surface area contributed by atoms with E-state index < -0.39 is 41.4 Å². The number of aliphatic imine (C=N–C) groups is 1. The molecule has 164 valence electrons. The zero-order chi connectivity index (χ0) is 23.6. The van der Waals surface area contributed by atoms with Crippen molar-refractivity contribution in [2.45, 2.75) is 38.8 Å². The molecule has 0 saturated carbocycles. The molecule has 0 heterocycles. The van der Waals surface area contributed by atoms with Crippen LogP contribution in [0.5, 0.6) is 0 Å². The summed E-state index contributed by atoms with van der Waals surface area (Å²) >= 11 is 5.86. The van der Waals surface area contributed by atoms with Gasteiger partial charge in [0.1, 0.15) is 12.0 Å². The number of carbonyl (C=O) groups is 3. The second kappa shape index (κ2) is 11.6. The number of ether oxygens (including phenoxy) is 2. The van der Waals surface area contributed by atoms with Crippen LogP contribution in [-0.4, -0.2) is 60.7 Å². The zero-order valence-electron chi connectivity index (χ0n) is 17.9. The van der Waals surface area contributed by atoms with E-state index >= 15 is 0 Å². The van der Waals surface area contributed by atoms with Crippen molar-refractivity contribution in [2.75, 3.05) is 14.2 Å². The number of hydrogen-bond acceptors (Lipinski definition) is 8. The number of hydrazone groups is 1. The van der Waals surface area contributed by atoms with Gasteiger partial charge in [-0.25, -0.2) is 19.6 Å². The van der Waals surface area contributed by atoms with Crippen LogP contribution < -0.4 is 0 Å². The van der Waals surface area contributed by atoms with Gasteiger partial charge in [-0.1, -0.05) is 23.7 Å². The van der Waals surface area contributed by atoms with Crippen LogP contribution in [0.15, 0.2) is 39.9 Å². The largest absolute Gasteiger partial charge is 0.467 e. The first-order valence-corrected chi connectivity index (χ1v) is 9.41. The highest BCUT2D eigenvalue weighted by molar-refractivity contribution is 6.30. The number of benzene rings is 1. The van der Waals surface area contributed by atoms with E-state index in [4.69, 9.17) is 26.3 Å². The van der Waals surface area contributed by atoms with Crippen LogP contribution in [-0.2, 0) is 23.9 Å². The number of nitrogens with zero attached hydrogens (tertiary/aromatic N) is 4. The Kier molecular flexibility index (Phi) is 9.61. The van der Waals surface area contributed by atoms with Gasteiger partial charge in [-0.3, -0.25) is 4.79 Å². The topological polar surface area (TPSA) is 121 Å². The molecule has 1 atom stereocenters. The van der Waals surface area contributed by atoms with Gasteiger partial charge in [0.2, 0.25) is 0 Å². The zero-order valence-corrected chi connectivity index (χ0v) is 18.6. The summed E-state index contributed by atoms with van der Waals surface area (Å²) in [4.78, 5) is 41.8. The van der Waals surface area contributed by atoms with Crippen molar-refractivity contribution in [2.24, 2.45) is 10.1 Å². The van der Waals surface area contributed by atoms with Gasteiger partial charge in [-0.05, 0) is 44.3 Å². The normalized spacial score (nSPS) is 11.6. The maximum atomic E-state index is 12.6. The van der Waals surface area contributed by atoms with Crippen LogP contribution in [0.25, 0.3) is 0 Å². The molecular weight excluding hydrogens is 424 g/mol. The van der Waals surface area contributed by atoms with Crippen LogP contribution in [0.4, 0.5) is 0 Å². The van der Waals surface area contributed by atoms with Crippen molar-refractivity contribution in [3.05, 3.63) is 40.4 Å². The van der Waals surface area contributed by atoms with Gasteiger partial charge in [0.05, 0.1) is 32.0 Å². The van der Waals surface area contributed by atoms with Gasteiger partial charge in [-0.2, -0.15) is 10.4 Å². The third kappa shape index (κ3) is 8.05. The van der Waals surface area contributed by atoms with E-state index in [1.54, 1.807) is 51.1 Å². The lowest BCUT2D eigenvalue weighted by molar-refractivity contribution is -0.153. The minimum Gasteiger partial charge on any atom is -0.467 e. The average Bonchev–Trinajstić information content (AvgIpc) is 2.72. The van der Waals surface area contributed by atoms with E-state index in [1.165, 1.54) is 6.21 Å². The number of esters is 2. The predicted octanol–water partition coefficient (Wildman–Crippen LogP) is 2.53. The number of halogens is 1. The highest BCUT2D eigenvalue weighted by atomic mass is 35.5. The number of carbonyl (C=O) groups excluding carboxylic acids is 3. The third-order valence-corrected chi connectivity index (χ3v) is 3.80. The van der Waals surface area contributed by atoms with Crippen molar-refractivity contribution >= 4 is 41.5 Å². The number of rotatable bonds is 7. The molecule has 0 saturated heterocycles. The summed E-state index contributed by atoms with van der Waals surface area (Å²) in [5.41, 5.74) is -0.493. The first-order valence-electron chi connectivity index (χ1n) is 9.03. The van der Waals surface area contributed by atoms with E-state index in [-0.39, 0.29) is 0 Å². The van der Waals surface area contributed by atoms with Crippen LogP contribution in [0.2, 0.25) is 5.02 Å². The highest BCUT2D eigenvalue weighted by Crippen LogP contribution is 2.16.